The molecular formula is C8H12FN7O. The van der Waals surface area contributed by atoms with Gasteiger partial charge in [-0.05, 0) is 0 Å². The highest BCUT2D eigenvalue weighted by atomic mass is 19.1. The van der Waals surface area contributed by atoms with Gasteiger partial charge in [0.1, 0.15) is 0 Å². The van der Waals surface area contributed by atoms with Crippen molar-refractivity contribution in [3.63, 3.8) is 0 Å². The molecule has 17 heavy (non-hydrogen) atoms. The number of hydrogen-bond donors (Lipinski definition) is 4. The van der Waals surface area contributed by atoms with Crippen LogP contribution >= 0.6 is 0 Å². The van der Waals surface area contributed by atoms with Gasteiger partial charge >= 0.3 is 0 Å². The number of rotatable bonds is 1. The summed E-state index contributed by atoms with van der Waals surface area (Å²) in [7, 11) is 3.02. The van der Waals surface area contributed by atoms with E-state index in [1.165, 1.54) is 7.05 Å². The number of guanidine groups is 1. The van der Waals surface area contributed by atoms with Crippen molar-refractivity contribution in [1.29, 1.82) is 0 Å². The SMILES string of the molecule is CN=C(NC)NC(=O)c1nc(F)c(N)nc1N. The van der Waals surface area contributed by atoms with Gasteiger partial charge in [-0.3, -0.25) is 15.1 Å². The summed E-state index contributed by atoms with van der Waals surface area (Å²) in [5, 5.41) is 4.94. The van der Waals surface area contributed by atoms with Gasteiger partial charge in [-0.15, -0.1) is 0 Å². The molecule has 0 aliphatic heterocycles. The van der Waals surface area contributed by atoms with E-state index in [4.69, 9.17) is 11.5 Å². The number of nitrogens with two attached hydrogens (primary N) is 2. The number of nitrogen functional groups attached to an aromatic ring is 2. The van der Waals surface area contributed by atoms with Crippen molar-refractivity contribution in [2.24, 2.45) is 4.99 Å². The van der Waals surface area contributed by atoms with E-state index < -0.39 is 17.7 Å². The number of carbonyl (C=O) groups is 1. The Hall–Kier alpha value is -2.45. The lowest BCUT2D eigenvalue weighted by Crippen LogP contribution is -2.39. The van der Waals surface area contributed by atoms with Crippen LogP contribution in [0.15, 0.2) is 4.99 Å². The lowest BCUT2D eigenvalue weighted by Gasteiger charge is -2.08. The maximum absolute atomic E-state index is 13.0. The second-order valence-corrected chi connectivity index (χ2v) is 2.91. The van der Waals surface area contributed by atoms with Gasteiger partial charge in [-0.1, -0.05) is 0 Å². The first-order valence-electron chi connectivity index (χ1n) is 4.54. The third kappa shape index (κ3) is 2.77. The van der Waals surface area contributed by atoms with Gasteiger partial charge in [-0.25, -0.2) is 9.97 Å². The molecule has 9 heteroatoms. The lowest BCUT2D eigenvalue weighted by atomic mass is 10.4. The average Bonchev–Trinajstić information content (AvgIpc) is 2.30. The molecule has 8 nitrogen and oxygen atoms in total. The third-order valence-electron chi connectivity index (χ3n) is 1.81. The molecular weight excluding hydrogens is 229 g/mol. The Morgan fingerprint density at radius 3 is 2.53 bits per heavy atom. The Morgan fingerprint density at radius 2 is 2.00 bits per heavy atom. The van der Waals surface area contributed by atoms with Crippen molar-refractivity contribution in [1.82, 2.24) is 20.6 Å². The highest BCUT2D eigenvalue weighted by Crippen LogP contribution is 2.10. The van der Waals surface area contributed by atoms with Gasteiger partial charge in [0.05, 0.1) is 0 Å². The van der Waals surface area contributed by atoms with Crippen molar-refractivity contribution >= 4 is 23.5 Å². The summed E-state index contributed by atoms with van der Waals surface area (Å²) in [5.74, 6) is -2.31. The summed E-state index contributed by atoms with van der Waals surface area (Å²) in [5.41, 5.74) is 10.2. The monoisotopic (exact) mass is 241 g/mol. The molecule has 1 aromatic heterocycles. The van der Waals surface area contributed by atoms with Crippen LogP contribution in [0.3, 0.4) is 0 Å². The van der Waals surface area contributed by atoms with Crippen LogP contribution in [0.25, 0.3) is 0 Å². The summed E-state index contributed by atoms with van der Waals surface area (Å²) in [6, 6.07) is 0. The van der Waals surface area contributed by atoms with E-state index >= 15 is 0 Å². The number of hydrogen-bond acceptors (Lipinski definition) is 6. The molecule has 92 valence electrons. The zero-order chi connectivity index (χ0) is 13.0. The Morgan fingerprint density at radius 1 is 1.35 bits per heavy atom. The molecule has 0 aromatic carbocycles. The molecule has 0 aliphatic carbocycles. The zero-order valence-electron chi connectivity index (χ0n) is 9.28. The fraction of sp³-hybridized carbons (Fsp3) is 0.250. The van der Waals surface area contributed by atoms with Crippen LogP contribution < -0.4 is 22.1 Å². The maximum atomic E-state index is 13.0. The molecule has 6 N–H and O–H groups in total. The van der Waals surface area contributed by atoms with Crippen molar-refractivity contribution in [2.75, 3.05) is 25.6 Å². The second-order valence-electron chi connectivity index (χ2n) is 2.91. The predicted molar refractivity (Wildman–Crippen MR) is 60.7 cm³/mol. The smallest absolute Gasteiger partial charge is 0.280 e. The van der Waals surface area contributed by atoms with Gasteiger partial charge in [-0.2, -0.15) is 4.39 Å². The van der Waals surface area contributed by atoms with E-state index in [9.17, 15) is 9.18 Å². The number of aliphatic imine (C=N–C) groups is 1. The van der Waals surface area contributed by atoms with Crippen molar-refractivity contribution in [2.45, 2.75) is 0 Å². The molecule has 0 aliphatic rings. The van der Waals surface area contributed by atoms with Crippen LogP contribution in [0, 0.1) is 5.95 Å². The molecule has 0 saturated carbocycles. The van der Waals surface area contributed by atoms with E-state index in [1.807, 2.05) is 0 Å². The summed E-state index contributed by atoms with van der Waals surface area (Å²) in [6.45, 7) is 0. The molecule has 0 radical (unpaired) electrons. The molecule has 0 unspecified atom stereocenters. The van der Waals surface area contributed by atoms with Gasteiger partial charge in [0.15, 0.2) is 23.3 Å². The van der Waals surface area contributed by atoms with E-state index in [0.717, 1.165) is 0 Å². The Balaban J connectivity index is 3.01. The van der Waals surface area contributed by atoms with E-state index in [-0.39, 0.29) is 17.5 Å². The second kappa shape index (κ2) is 5.05. The molecule has 0 fully saturated rings. The van der Waals surface area contributed by atoms with Crippen molar-refractivity contribution in [3.05, 3.63) is 11.6 Å². The number of aromatic nitrogens is 2. The van der Waals surface area contributed by atoms with Crippen LogP contribution in [-0.4, -0.2) is 35.9 Å². The minimum Gasteiger partial charge on any atom is -0.382 e. The molecule has 1 rings (SSSR count). The summed E-state index contributed by atoms with van der Waals surface area (Å²) >= 11 is 0. The Labute approximate surface area is 96.3 Å². The average molecular weight is 241 g/mol. The van der Waals surface area contributed by atoms with Crippen LogP contribution in [0.2, 0.25) is 0 Å². The van der Waals surface area contributed by atoms with E-state index in [0.29, 0.717) is 0 Å². The molecule has 1 heterocycles. The van der Waals surface area contributed by atoms with Gasteiger partial charge in [0.25, 0.3) is 11.9 Å². The van der Waals surface area contributed by atoms with Crippen LogP contribution in [0.5, 0.6) is 0 Å². The van der Waals surface area contributed by atoms with Gasteiger partial charge in [0, 0.05) is 14.1 Å². The van der Waals surface area contributed by atoms with Crippen molar-refractivity contribution in [3.8, 4) is 0 Å². The zero-order valence-corrected chi connectivity index (χ0v) is 9.28. The first kappa shape index (κ1) is 12.6. The van der Waals surface area contributed by atoms with E-state index in [1.54, 1.807) is 7.05 Å². The number of nitrogens with one attached hydrogen (secondary N) is 2. The van der Waals surface area contributed by atoms with Crippen LogP contribution in [0.4, 0.5) is 16.0 Å². The largest absolute Gasteiger partial charge is 0.382 e. The highest BCUT2D eigenvalue weighted by molar-refractivity contribution is 6.06. The topological polar surface area (TPSA) is 131 Å². The fourth-order valence-electron chi connectivity index (χ4n) is 1.01. The third-order valence-corrected chi connectivity index (χ3v) is 1.81. The highest BCUT2D eigenvalue weighted by Gasteiger charge is 2.17. The molecule has 0 bridgehead atoms. The Bertz CT molecular complexity index is 473. The molecule has 1 aromatic rings. The minimum atomic E-state index is -1.05. The number of anilines is 2. The van der Waals surface area contributed by atoms with Crippen LogP contribution in [-0.2, 0) is 0 Å². The van der Waals surface area contributed by atoms with E-state index in [2.05, 4.69) is 25.6 Å². The number of carbonyl (C=O) groups excluding carboxylic acids is 1. The molecule has 0 saturated heterocycles. The summed E-state index contributed by atoms with van der Waals surface area (Å²) in [4.78, 5) is 22.1. The number of amides is 1. The normalized spacial score (nSPS) is 11.1. The first-order chi connectivity index (χ1) is 7.99. The Kier molecular flexibility index (Phi) is 3.75. The van der Waals surface area contributed by atoms with Crippen molar-refractivity contribution < 1.29 is 9.18 Å². The molecule has 0 spiro atoms. The van der Waals surface area contributed by atoms with Gasteiger partial charge < -0.3 is 16.8 Å². The molecule has 1 amide bonds. The minimum absolute atomic E-state index is 0.188. The first-order valence-corrected chi connectivity index (χ1v) is 4.54. The predicted octanol–water partition coefficient (Wildman–Crippen LogP) is -1.28. The van der Waals surface area contributed by atoms with Crippen LogP contribution in [0.1, 0.15) is 10.5 Å². The number of nitrogens with zero attached hydrogens (tertiary/aromatic N) is 3. The summed E-state index contributed by atoms with van der Waals surface area (Å²) in [6.07, 6.45) is 0. The fourth-order valence-corrected chi connectivity index (χ4v) is 1.01. The molecule has 0 atom stereocenters. The quantitative estimate of drug-likeness (QED) is 0.357. The maximum Gasteiger partial charge on any atom is 0.280 e. The standard InChI is InChI=1S/C8H12FN7O/c1-12-8(13-2)16-7(17)3-5(10)15-6(11)4(9)14-3/h1-2H3,(H4,10,11,15)(H2,12,13,16,17). The lowest BCUT2D eigenvalue weighted by molar-refractivity contribution is 0.0970. The summed E-state index contributed by atoms with van der Waals surface area (Å²) < 4.78 is 13.0. The van der Waals surface area contributed by atoms with Gasteiger partial charge in [0.2, 0.25) is 0 Å². The number of halogens is 1.